The van der Waals surface area contributed by atoms with Crippen molar-refractivity contribution in [1.29, 1.82) is 0 Å². The van der Waals surface area contributed by atoms with Crippen molar-refractivity contribution in [2.45, 2.75) is 0 Å². The Hall–Kier alpha value is -2.66. The highest BCUT2D eigenvalue weighted by atomic mass is 79.9. The van der Waals surface area contributed by atoms with Gasteiger partial charge in [-0.2, -0.15) is 0 Å². The van der Waals surface area contributed by atoms with Crippen LogP contribution in [-0.2, 0) is 7.05 Å². The van der Waals surface area contributed by atoms with Crippen molar-refractivity contribution in [2.75, 3.05) is 12.4 Å². The van der Waals surface area contributed by atoms with Crippen LogP contribution in [0.3, 0.4) is 0 Å². The van der Waals surface area contributed by atoms with E-state index in [4.69, 9.17) is 4.98 Å². The van der Waals surface area contributed by atoms with Crippen LogP contribution in [0.25, 0.3) is 33.1 Å². The molecule has 4 aromatic rings. The number of nitrogens with one attached hydrogen (secondary N) is 1. The number of hydrogen-bond donors (Lipinski definition) is 1. The molecular formula is C20H16BrN3O. The maximum absolute atomic E-state index is 13.0. The van der Waals surface area contributed by atoms with Crippen LogP contribution in [-0.4, -0.2) is 16.6 Å². The molecule has 0 aliphatic carbocycles. The molecule has 1 N–H and O–H groups in total. The standard InChI is InChI=1S/C20H16BrN3O/c1-22-16-8-7-14(21)11-15(16)19-20(25)24(2)18-10-13-6-4-3-5-12(13)9-17(18)23-19/h3-11,22H,1-2H3. The third kappa shape index (κ3) is 2.61. The van der Waals surface area contributed by atoms with E-state index < -0.39 is 0 Å². The largest absolute Gasteiger partial charge is 0.388 e. The van der Waals surface area contributed by atoms with E-state index in [1.165, 1.54) is 0 Å². The van der Waals surface area contributed by atoms with Gasteiger partial charge in [0, 0.05) is 29.8 Å². The Morgan fingerprint density at radius 1 is 1.04 bits per heavy atom. The van der Waals surface area contributed by atoms with Gasteiger partial charge in [-0.1, -0.05) is 40.2 Å². The molecule has 0 bridgehead atoms. The van der Waals surface area contributed by atoms with E-state index in [0.717, 1.165) is 37.5 Å². The molecule has 0 unspecified atom stereocenters. The second kappa shape index (κ2) is 6.01. The third-order valence-electron chi connectivity index (χ3n) is 4.45. The zero-order valence-electron chi connectivity index (χ0n) is 13.9. The summed E-state index contributed by atoms with van der Waals surface area (Å²) in [6.07, 6.45) is 0. The van der Waals surface area contributed by atoms with Gasteiger partial charge in [0.15, 0.2) is 0 Å². The molecule has 0 radical (unpaired) electrons. The average molecular weight is 394 g/mol. The van der Waals surface area contributed by atoms with Gasteiger partial charge in [-0.15, -0.1) is 0 Å². The van der Waals surface area contributed by atoms with Crippen LogP contribution in [0.4, 0.5) is 5.69 Å². The van der Waals surface area contributed by atoms with Crippen molar-refractivity contribution < 1.29 is 0 Å². The lowest BCUT2D eigenvalue weighted by Gasteiger charge is -2.12. The average Bonchev–Trinajstić information content (AvgIpc) is 2.63. The summed E-state index contributed by atoms with van der Waals surface area (Å²) < 4.78 is 2.58. The molecule has 1 aromatic heterocycles. The molecule has 0 aliphatic heterocycles. The summed E-state index contributed by atoms with van der Waals surface area (Å²) in [6, 6.07) is 17.9. The zero-order valence-corrected chi connectivity index (χ0v) is 15.5. The van der Waals surface area contributed by atoms with Crippen LogP contribution in [0, 0.1) is 0 Å². The van der Waals surface area contributed by atoms with Crippen LogP contribution in [0.2, 0.25) is 0 Å². The fourth-order valence-electron chi connectivity index (χ4n) is 3.12. The highest BCUT2D eigenvalue weighted by Crippen LogP contribution is 2.29. The molecule has 25 heavy (non-hydrogen) atoms. The zero-order chi connectivity index (χ0) is 17.6. The highest BCUT2D eigenvalue weighted by molar-refractivity contribution is 9.10. The quantitative estimate of drug-likeness (QED) is 0.507. The number of anilines is 1. The molecule has 0 saturated carbocycles. The lowest BCUT2D eigenvalue weighted by molar-refractivity contribution is 0.896. The van der Waals surface area contributed by atoms with Gasteiger partial charge in [-0.3, -0.25) is 4.79 Å². The molecule has 0 fully saturated rings. The summed E-state index contributed by atoms with van der Waals surface area (Å²) in [7, 11) is 3.63. The van der Waals surface area contributed by atoms with Crippen LogP contribution in [0.15, 0.2) is 63.9 Å². The SMILES string of the molecule is CNc1ccc(Br)cc1-c1nc2cc3ccccc3cc2n(C)c1=O. The molecular weight excluding hydrogens is 378 g/mol. The van der Waals surface area contributed by atoms with Gasteiger partial charge in [0.05, 0.1) is 11.0 Å². The Labute approximate surface area is 153 Å². The number of aromatic nitrogens is 2. The second-order valence-electron chi connectivity index (χ2n) is 5.95. The van der Waals surface area contributed by atoms with Crippen LogP contribution >= 0.6 is 15.9 Å². The first-order valence-corrected chi connectivity index (χ1v) is 8.75. The number of halogens is 1. The van der Waals surface area contributed by atoms with E-state index in [2.05, 4.69) is 27.3 Å². The van der Waals surface area contributed by atoms with Crippen molar-refractivity contribution >= 4 is 43.4 Å². The van der Waals surface area contributed by atoms with E-state index in [-0.39, 0.29) is 5.56 Å². The van der Waals surface area contributed by atoms with Crippen molar-refractivity contribution in [2.24, 2.45) is 7.05 Å². The summed E-state index contributed by atoms with van der Waals surface area (Å²) in [5.74, 6) is 0. The van der Waals surface area contributed by atoms with Gasteiger partial charge < -0.3 is 9.88 Å². The number of fused-ring (bicyclic) bond motifs is 2. The molecule has 124 valence electrons. The van der Waals surface area contributed by atoms with E-state index in [0.29, 0.717) is 5.69 Å². The number of nitrogens with zero attached hydrogens (tertiary/aromatic N) is 2. The first kappa shape index (κ1) is 15.8. The number of rotatable bonds is 2. The molecule has 0 saturated heterocycles. The molecule has 4 nitrogen and oxygen atoms in total. The lowest BCUT2D eigenvalue weighted by atomic mass is 10.1. The molecule has 1 heterocycles. The smallest absolute Gasteiger partial charge is 0.277 e. The van der Waals surface area contributed by atoms with Gasteiger partial charge in [0.2, 0.25) is 0 Å². The summed E-state index contributed by atoms with van der Waals surface area (Å²) in [5.41, 5.74) is 3.61. The predicted molar refractivity (Wildman–Crippen MR) is 107 cm³/mol. The molecule has 0 atom stereocenters. The lowest BCUT2D eigenvalue weighted by Crippen LogP contribution is -2.21. The highest BCUT2D eigenvalue weighted by Gasteiger charge is 2.15. The monoisotopic (exact) mass is 393 g/mol. The summed E-state index contributed by atoms with van der Waals surface area (Å²) in [5, 5.41) is 5.34. The topological polar surface area (TPSA) is 46.9 Å². The molecule has 0 spiro atoms. The van der Waals surface area contributed by atoms with Crippen LogP contribution in [0.1, 0.15) is 0 Å². The van der Waals surface area contributed by atoms with E-state index in [9.17, 15) is 4.79 Å². The predicted octanol–water partition coefficient (Wildman–Crippen LogP) is 4.56. The van der Waals surface area contributed by atoms with Gasteiger partial charge in [0.25, 0.3) is 5.56 Å². The Kier molecular flexibility index (Phi) is 3.81. The number of benzene rings is 3. The summed E-state index contributed by atoms with van der Waals surface area (Å²) in [4.78, 5) is 17.7. The normalized spacial score (nSPS) is 11.2. The minimum absolute atomic E-state index is 0.114. The minimum atomic E-state index is -0.114. The van der Waals surface area contributed by atoms with Crippen molar-refractivity contribution in [3.05, 3.63) is 69.4 Å². The van der Waals surface area contributed by atoms with Crippen molar-refractivity contribution in [3.63, 3.8) is 0 Å². The van der Waals surface area contributed by atoms with E-state index >= 15 is 0 Å². The van der Waals surface area contributed by atoms with Crippen LogP contribution in [0.5, 0.6) is 0 Å². The molecule has 0 aliphatic rings. The van der Waals surface area contributed by atoms with Gasteiger partial charge in [-0.05, 0) is 41.1 Å². The van der Waals surface area contributed by atoms with E-state index in [1.54, 1.807) is 11.6 Å². The molecule has 4 rings (SSSR count). The Morgan fingerprint density at radius 3 is 2.48 bits per heavy atom. The number of aryl methyl sites for hydroxylation is 1. The maximum Gasteiger partial charge on any atom is 0.277 e. The third-order valence-corrected chi connectivity index (χ3v) is 4.94. The van der Waals surface area contributed by atoms with Crippen LogP contribution < -0.4 is 10.9 Å². The summed E-state index contributed by atoms with van der Waals surface area (Å²) in [6.45, 7) is 0. The Balaban J connectivity index is 2.09. The van der Waals surface area contributed by atoms with Gasteiger partial charge >= 0.3 is 0 Å². The fraction of sp³-hybridized carbons (Fsp3) is 0.100. The second-order valence-corrected chi connectivity index (χ2v) is 6.87. The molecule has 0 amide bonds. The molecule has 5 heteroatoms. The van der Waals surface area contributed by atoms with Crippen molar-refractivity contribution in [1.82, 2.24) is 9.55 Å². The van der Waals surface area contributed by atoms with Crippen molar-refractivity contribution in [3.8, 4) is 11.3 Å². The minimum Gasteiger partial charge on any atom is -0.388 e. The van der Waals surface area contributed by atoms with Gasteiger partial charge in [0.1, 0.15) is 5.69 Å². The first-order chi connectivity index (χ1) is 12.1. The first-order valence-electron chi connectivity index (χ1n) is 7.95. The Bertz CT molecular complexity index is 1180. The maximum atomic E-state index is 13.0. The fourth-order valence-corrected chi connectivity index (χ4v) is 3.48. The van der Waals surface area contributed by atoms with E-state index in [1.807, 2.05) is 55.6 Å². The summed E-state index contributed by atoms with van der Waals surface area (Å²) >= 11 is 3.48. The Morgan fingerprint density at radius 2 is 1.76 bits per heavy atom. The molecule has 3 aromatic carbocycles. The number of hydrogen-bond acceptors (Lipinski definition) is 3. The van der Waals surface area contributed by atoms with Gasteiger partial charge in [-0.25, -0.2) is 4.98 Å².